The number of hydrogen-bond donors (Lipinski definition) is 2. The van der Waals surface area contributed by atoms with Gasteiger partial charge in [-0.3, -0.25) is 0 Å². The van der Waals surface area contributed by atoms with Crippen molar-refractivity contribution in [1.82, 2.24) is 5.32 Å². The Kier molecular flexibility index (Phi) is 2.61. The van der Waals surface area contributed by atoms with Crippen LogP contribution in [0.3, 0.4) is 0 Å². The van der Waals surface area contributed by atoms with Gasteiger partial charge in [0.25, 0.3) is 0 Å². The highest BCUT2D eigenvalue weighted by Gasteiger charge is 2.41. The molecule has 0 unspecified atom stereocenters. The highest BCUT2D eigenvalue weighted by atomic mass is 16.3. The molecule has 2 nitrogen and oxygen atoms in total. The molecule has 2 rings (SSSR count). The summed E-state index contributed by atoms with van der Waals surface area (Å²) < 4.78 is 0. The van der Waals surface area contributed by atoms with Gasteiger partial charge in [0.05, 0.1) is 6.10 Å². The number of rotatable bonds is 4. The van der Waals surface area contributed by atoms with Gasteiger partial charge in [-0.1, -0.05) is 6.92 Å². The molecule has 0 heterocycles. The van der Waals surface area contributed by atoms with E-state index in [1.165, 1.54) is 32.1 Å². The number of hydrogen-bond acceptors (Lipinski definition) is 2. The Hall–Kier alpha value is -0.0800. The van der Waals surface area contributed by atoms with Crippen LogP contribution in [0.5, 0.6) is 0 Å². The molecule has 2 aliphatic carbocycles. The van der Waals surface area contributed by atoms with E-state index in [9.17, 15) is 5.11 Å². The van der Waals surface area contributed by atoms with E-state index in [0.29, 0.717) is 11.5 Å². The first-order valence-electron chi connectivity index (χ1n) is 5.67. The molecule has 2 fully saturated rings. The van der Waals surface area contributed by atoms with Gasteiger partial charge in [-0.2, -0.15) is 0 Å². The van der Waals surface area contributed by atoms with Crippen molar-refractivity contribution in [2.45, 2.75) is 57.6 Å². The molecule has 0 amide bonds. The fourth-order valence-electron chi connectivity index (χ4n) is 2.36. The molecule has 0 saturated heterocycles. The summed E-state index contributed by atoms with van der Waals surface area (Å²) in [7, 11) is 0. The van der Waals surface area contributed by atoms with Crippen molar-refractivity contribution in [3.05, 3.63) is 0 Å². The van der Waals surface area contributed by atoms with Crippen LogP contribution in [0.15, 0.2) is 0 Å². The second-order valence-corrected chi connectivity index (χ2v) is 4.84. The number of aliphatic hydroxyl groups is 1. The predicted octanol–water partition coefficient (Wildman–Crippen LogP) is 1.68. The van der Waals surface area contributed by atoms with Crippen LogP contribution >= 0.6 is 0 Å². The maximum Gasteiger partial charge on any atom is 0.0693 e. The van der Waals surface area contributed by atoms with Crippen LogP contribution in [0.2, 0.25) is 0 Å². The molecule has 0 aromatic carbocycles. The highest BCUT2D eigenvalue weighted by molar-refractivity contribution is 4.95. The standard InChI is InChI=1S/C11H21NO/c1-2-11(6-7-11)8-12-9-4-3-5-10(9)13/h9-10,12-13H,2-8H2,1H3/t9-,10-/m1/s1. The zero-order valence-corrected chi connectivity index (χ0v) is 8.55. The van der Waals surface area contributed by atoms with Gasteiger partial charge in [-0.25, -0.2) is 0 Å². The first kappa shape index (κ1) is 9.47. The van der Waals surface area contributed by atoms with Gasteiger partial charge < -0.3 is 10.4 Å². The molecule has 0 radical (unpaired) electrons. The summed E-state index contributed by atoms with van der Waals surface area (Å²) in [6.07, 6.45) is 7.35. The Morgan fingerprint density at radius 3 is 2.62 bits per heavy atom. The quantitative estimate of drug-likeness (QED) is 0.695. The molecular formula is C11H21NO. The van der Waals surface area contributed by atoms with Crippen LogP contribution in [0.1, 0.15) is 45.4 Å². The Bertz CT molecular complexity index is 177. The van der Waals surface area contributed by atoms with Crippen molar-refractivity contribution < 1.29 is 5.11 Å². The van der Waals surface area contributed by atoms with Gasteiger partial charge >= 0.3 is 0 Å². The van der Waals surface area contributed by atoms with Crippen molar-refractivity contribution in [1.29, 1.82) is 0 Å². The van der Waals surface area contributed by atoms with Crippen LogP contribution in [-0.4, -0.2) is 23.8 Å². The Balaban J connectivity index is 1.73. The average molecular weight is 183 g/mol. The van der Waals surface area contributed by atoms with E-state index in [1.807, 2.05) is 0 Å². The fourth-order valence-corrected chi connectivity index (χ4v) is 2.36. The van der Waals surface area contributed by atoms with Gasteiger partial charge in [0.1, 0.15) is 0 Å². The largest absolute Gasteiger partial charge is 0.392 e. The molecule has 76 valence electrons. The number of nitrogens with one attached hydrogen (secondary N) is 1. The molecule has 0 aromatic rings. The van der Waals surface area contributed by atoms with Gasteiger partial charge in [-0.15, -0.1) is 0 Å². The maximum absolute atomic E-state index is 9.62. The van der Waals surface area contributed by atoms with Gasteiger partial charge in [0.2, 0.25) is 0 Å². The molecule has 2 saturated carbocycles. The first-order valence-corrected chi connectivity index (χ1v) is 5.67. The lowest BCUT2D eigenvalue weighted by Crippen LogP contribution is -2.39. The molecule has 2 heteroatoms. The summed E-state index contributed by atoms with van der Waals surface area (Å²) in [5.74, 6) is 0. The minimum atomic E-state index is -0.0762. The third-order valence-electron chi connectivity index (χ3n) is 3.93. The smallest absolute Gasteiger partial charge is 0.0693 e. The van der Waals surface area contributed by atoms with E-state index in [4.69, 9.17) is 0 Å². The first-order chi connectivity index (χ1) is 6.26. The van der Waals surface area contributed by atoms with E-state index in [-0.39, 0.29) is 6.10 Å². The zero-order valence-electron chi connectivity index (χ0n) is 8.55. The Morgan fingerprint density at radius 1 is 1.38 bits per heavy atom. The van der Waals surface area contributed by atoms with Crippen LogP contribution in [0, 0.1) is 5.41 Å². The second kappa shape index (κ2) is 3.58. The molecule has 2 atom stereocenters. The SMILES string of the molecule is CCC1(CN[C@@H]2CCC[C@H]2O)CC1. The van der Waals surface area contributed by atoms with E-state index in [2.05, 4.69) is 12.2 Å². The molecule has 2 aliphatic rings. The Morgan fingerprint density at radius 2 is 2.15 bits per heavy atom. The summed E-state index contributed by atoms with van der Waals surface area (Å²) >= 11 is 0. The average Bonchev–Trinajstić information content (AvgIpc) is 2.82. The van der Waals surface area contributed by atoms with Crippen molar-refractivity contribution in [3.63, 3.8) is 0 Å². The minimum Gasteiger partial charge on any atom is -0.392 e. The summed E-state index contributed by atoms with van der Waals surface area (Å²) in [6.45, 7) is 3.41. The lowest BCUT2D eigenvalue weighted by Gasteiger charge is -2.20. The molecule has 13 heavy (non-hydrogen) atoms. The monoisotopic (exact) mass is 183 g/mol. The molecule has 0 aromatic heterocycles. The Labute approximate surface area is 80.7 Å². The lowest BCUT2D eigenvalue weighted by molar-refractivity contribution is 0.145. The molecule has 0 aliphatic heterocycles. The van der Waals surface area contributed by atoms with E-state index in [0.717, 1.165) is 13.0 Å². The summed E-state index contributed by atoms with van der Waals surface area (Å²) in [5.41, 5.74) is 0.613. The van der Waals surface area contributed by atoms with Gasteiger partial charge in [0, 0.05) is 12.6 Å². The maximum atomic E-state index is 9.62. The fraction of sp³-hybridized carbons (Fsp3) is 1.00. The van der Waals surface area contributed by atoms with Gasteiger partial charge in [-0.05, 0) is 43.9 Å². The van der Waals surface area contributed by atoms with Crippen LogP contribution in [0.4, 0.5) is 0 Å². The lowest BCUT2D eigenvalue weighted by atomic mass is 10.0. The van der Waals surface area contributed by atoms with Gasteiger partial charge in [0.15, 0.2) is 0 Å². The molecular weight excluding hydrogens is 162 g/mol. The van der Waals surface area contributed by atoms with Crippen LogP contribution in [0.25, 0.3) is 0 Å². The molecule has 0 spiro atoms. The van der Waals surface area contributed by atoms with Crippen LogP contribution < -0.4 is 5.32 Å². The van der Waals surface area contributed by atoms with Crippen molar-refractivity contribution in [2.24, 2.45) is 5.41 Å². The molecule has 2 N–H and O–H groups in total. The highest BCUT2D eigenvalue weighted by Crippen LogP contribution is 2.48. The normalized spacial score (nSPS) is 36.5. The predicted molar refractivity (Wildman–Crippen MR) is 53.6 cm³/mol. The van der Waals surface area contributed by atoms with E-state index in [1.54, 1.807) is 0 Å². The van der Waals surface area contributed by atoms with Crippen LogP contribution in [-0.2, 0) is 0 Å². The zero-order chi connectivity index (χ0) is 9.31. The topological polar surface area (TPSA) is 32.3 Å². The minimum absolute atomic E-state index is 0.0762. The summed E-state index contributed by atoms with van der Waals surface area (Å²) in [5, 5.41) is 13.2. The summed E-state index contributed by atoms with van der Waals surface area (Å²) in [6, 6.07) is 0.393. The second-order valence-electron chi connectivity index (χ2n) is 4.84. The van der Waals surface area contributed by atoms with E-state index < -0.39 is 0 Å². The van der Waals surface area contributed by atoms with Crippen molar-refractivity contribution in [3.8, 4) is 0 Å². The third-order valence-corrected chi connectivity index (χ3v) is 3.93. The molecule has 0 bridgehead atoms. The van der Waals surface area contributed by atoms with E-state index >= 15 is 0 Å². The van der Waals surface area contributed by atoms with Crippen molar-refractivity contribution >= 4 is 0 Å². The summed E-state index contributed by atoms with van der Waals surface area (Å²) in [4.78, 5) is 0. The number of aliphatic hydroxyl groups excluding tert-OH is 1. The third kappa shape index (κ3) is 2.05. The van der Waals surface area contributed by atoms with Crippen molar-refractivity contribution in [2.75, 3.05) is 6.54 Å².